The predicted octanol–water partition coefficient (Wildman–Crippen LogP) is 4.39. The number of carbonyl (C=O) groups excluding carboxylic acids is 1. The van der Waals surface area contributed by atoms with Gasteiger partial charge in [0.25, 0.3) is 0 Å². The minimum absolute atomic E-state index is 0.0756. The second kappa shape index (κ2) is 9.18. The zero-order valence-corrected chi connectivity index (χ0v) is 14.7. The molecule has 0 fully saturated rings. The van der Waals surface area contributed by atoms with E-state index in [2.05, 4.69) is 5.32 Å². The standard InChI is InChI=1S/C19H22ClNO3/c1-3-23-15-8-10-16(11-9-15)24-13-12-19(22)21-14(2)17-6-4-5-7-18(17)20/h4-11,14H,3,12-13H2,1-2H3,(H,21,22)/t14-/m0/s1. The van der Waals surface area contributed by atoms with Gasteiger partial charge in [0.2, 0.25) is 5.91 Å². The first-order valence-electron chi connectivity index (χ1n) is 7.99. The van der Waals surface area contributed by atoms with Crippen LogP contribution in [0.25, 0.3) is 0 Å². The molecular formula is C19H22ClNO3. The van der Waals surface area contributed by atoms with Gasteiger partial charge in [0, 0.05) is 5.02 Å². The van der Waals surface area contributed by atoms with Gasteiger partial charge in [0.05, 0.1) is 25.7 Å². The van der Waals surface area contributed by atoms with E-state index in [1.165, 1.54) is 0 Å². The fourth-order valence-corrected chi connectivity index (χ4v) is 2.58. The Hall–Kier alpha value is -2.20. The molecular weight excluding hydrogens is 326 g/mol. The van der Waals surface area contributed by atoms with Crippen LogP contribution >= 0.6 is 11.6 Å². The van der Waals surface area contributed by atoms with Gasteiger partial charge in [-0.15, -0.1) is 0 Å². The highest BCUT2D eigenvalue weighted by atomic mass is 35.5. The smallest absolute Gasteiger partial charge is 0.223 e. The SMILES string of the molecule is CCOc1ccc(OCCC(=O)N[C@@H](C)c2ccccc2Cl)cc1. The summed E-state index contributed by atoms with van der Waals surface area (Å²) >= 11 is 6.14. The molecule has 0 unspecified atom stereocenters. The van der Waals surface area contributed by atoms with Crippen molar-refractivity contribution in [2.75, 3.05) is 13.2 Å². The molecule has 2 rings (SSSR count). The molecule has 1 N–H and O–H groups in total. The summed E-state index contributed by atoms with van der Waals surface area (Å²) in [7, 11) is 0. The zero-order valence-electron chi connectivity index (χ0n) is 13.9. The van der Waals surface area contributed by atoms with Gasteiger partial charge in [-0.05, 0) is 49.7 Å². The van der Waals surface area contributed by atoms with Gasteiger partial charge in [-0.1, -0.05) is 29.8 Å². The van der Waals surface area contributed by atoms with Gasteiger partial charge in [-0.3, -0.25) is 4.79 Å². The van der Waals surface area contributed by atoms with Crippen molar-refractivity contribution >= 4 is 17.5 Å². The Bertz CT molecular complexity index is 658. The van der Waals surface area contributed by atoms with E-state index >= 15 is 0 Å². The van der Waals surface area contributed by atoms with Crippen LogP contribution in [0.3, 0.4) is 0 Å². The van der Waals surface area contributed by atoms with Crippen LogP contribution in [0.2, 0.25) is 5.02 Å². The van der Waals surface area contributed by atoms with E-state index in [1.54, 1.807) is 0 Å². The number of ether oxygens (including phenoxy) is 2. The highest BCUT2D eigenvalue weighted by Gasteiger charge is 2.12. The summed E-state index contributed by atoms with van der Waals surface area (Å²) in [6.45, 7) is 4.79. The fourth-order valence-electron chi connectivity index (χ4n) is 2.28. The van der Waals surface area contributed by atoms with E-state index in [4.69, 9.17) is 21.1 Å². The van der Waals surface area contributed by atoms with E-state index in [0.717, 1.165) is 11.3 Å². The maximum absolute atomic E-state index is 12.0. The van der Waals surface area contributed by atoms with Crippen molar-refractivity contribution in [3.63, 3.8) is 0 Å². The van der Waals surface area contributed by atoms with Crippen molar-refractivity contribution in [3.05, 3.63) is 59.1 Å². The van der Waals surface area contributed by atoms with Crippen molar-refractivity contribution < 1.29 is 14.3 Å². The fraction of sp³-hybridized carbons (Fsp3) is 0.316. The molecule has 0 saturated heterocycles. The Morgan fingerprint density at radius 2 is 1.71 bits per heavy atom. The summed E-state index contributed by atoms with van der Waals surface area (Å²) in [5, 5.41) is 3.57. The molecule has 4 nitrogen and oxygen atoms in total. The Kier molecular flexibility index (Phi) is 6.94. The van der Waals surface area contributed by atoms with Crippen LogP contribution < -0.4 is 14.8 Å². The van der Waals surface area contributed by atoms with Crippen LogP contribution in [-0.4, -0.2) is 19.1 Å². The molecule has 24 heavy (non-hydrogen) atoms. The number of nitrogens with one attached hydrogen (secondary N) is 1. The highest BCUT2D eigenvalue weighted by Crippen LogP contribution is 2.22. The quantitative estimate of drug-likeness (QED) is 0.770. The molecule has 0 aromatic heterocycles. The van der Waals surface area contributed by atoms with Crippen molar-refractivity contribution in [1.82, 2.24) is 5.32 Å². The molecule has 0 heterocycles. The van der Waals surface area contributed by atoms with E-state index in [0.29, 0.717) is 24.0 Å². The van der Waals surface area contributed by atoms with Gasteiger partial charge in [-0.2, -0.15) is 0 Å². The van der Waals surface area contributed by atoms with Gasteiger partial charge < -0.3 is 14.8 Å². The Morgan fingerprint density at radius 3 is 2.33 bits per heavy atom. The lowest BCUT2D eigenvalue weighted by Gasteiger charge is -2.16. The molecule has 2 aromatic rings. The molecule has 2 aromatic carbocycles. The van der Waals surface area contributed by atoms with Crippen molar-refractivity contribution in [1.29, 1.82) is 0 Å². The van der Waals surface area contributed by atoms with Crippen LogP contribution in [0.5, 0.6) is 11.5 Å². The highest BCUT2D eigenvalue weighted by molar-refractivity contribution is 6.31. The second-order valence-corrected chi connectivity index (χ2v) is 5.72. The molecule has 0 radical (unpaired) electrons. The van der Waals surface area contributed by atoms with Gasteiger partial charge in [0.15, 0.2) is 0 Å². The summed E-state index contributed by atoms with van der Waals surface area (Å²) in [4.78, 5) is 12.0. The van der Waals surface area contributed by atoms with Gasteiger partial charge in [-0.25, -0.2) is 0 Å². The lowest BCUT2D eigenvalue weighted by molar-refractivity contribution is -0.122. The van der Waals surface area contributed by atoms with Crippen LogP contribution in [-0.2, 0) is 4.79 Å². The maximum Gasteiger partial charge on any atom is 0.223 e. The molecule has 5 heteroatoms. The minimum Gasteiger partial charge on any atom is -0.494 e. The van der Waals surface area contributed by atoms with Crippen LogP contribution in [0.15, 0.2) is 48.5 Å². The number of rotatable bonds is 8. The van der Waals surface area contributed by atoms with E-state index < -0.39 is 0 Å². The Labute approximate surface area is 147 Å². The first-order chi connectivity index (χ1) is 11.6. The number of benzene rings is 2. The summed E-state index contributed by atoms with van der Waals surface area (Å²) in [5.74, 6) is 1.44. The molecule has 0 spiro atoms. The average Bonchev–Trinajstić information content (AvgIpc) is 2.57. The van der Waals surface area contributed by atoms with Crippen LogP contribution in [0.4, 0.5) is 0 Å². The lowest BCUT2D eigenvalue weighted by atomic mass is 10.1. The summed E-state index contributed by atoms with van der Waals surface area (Å²) in [6, 6.07) is 14.7. The maximum atomic E-state index is 12.0. The number of hydrogen-bond donors (Lipinski definition) is 1. The first kappa shape index (κ1) is 18.1. The largest absolute Gasteiger partial charge is 0.494 e. The third kappa shape index (κ3) is 5.46. The Balaban J connectivity index is 1.76. The van der Waals surface area contributed by atoms with E-state index in [-0.39, 0.29) is 18.4 Å². The topological polar surface area (TPSA) is 47.6 Å². The number of carbonyl (C=O) groups is 1. The monoisotopic (exact) mass is 347 g/mol. The zero-order chi connectivity index (χ0) is 17.4. The third-order valence-electron chi connectivity index (χ3n) is 3.48. The average molecular weight is 348 g/mol. The molecule has 0 saturated carbocycles. The lowest BCUT2D eigenvalue weighted by Crippen LogP contribution is -2.28. The molecule has 0 aliphatic heterocycles. The number of hydrogen-bond acceptors (Lipinski definition) is 3. The van der Waals surface area contributed by atoms with Crippen molar-refractivity contribution in [2.45, 2.75) is 26.3 Å². The van der Waals surface area contributed by atoms with Crippen LogP contribution in [0, 0.1) is 0 Å². The first-order valence-corrected chi connectivity index (χ1v) is 8.37. The molecule has 0 aliphatic rings. The van der Waals surface area contributed by atoms with Crippen molar-refractivity contribution in [3.8, 4) is 11.5 Å². The van der Waals surface area contributed by atoms with Crippen molar-refractivity contribution in [2.24, 2.45) is 0 Å². The summed E-state index contributed by atoms with van der Waals surface area (Å²) in [6.07, 6.45) is 0.280. The summed E-state index contributed by atoms with van der Waals surface area (Å²) < 4.78 is 10.9. The number of amides is 1. The predicted molar refractivity (Wildman–Crippen MR) is 95.7 cm³/mol. The van der Waals surface area contributed by atoms with E-state index in [9.17, 15) is 4.79 Å². The molecule has 128 valence electrons. The normalized spacial score (nSPS) is 11.6. The number of halogens is 1. The van der Waals surface area contributed by atoms with E-state index in [1.807, 2.05) is 62.4 Å². The third-order valence-corrected chi connectivity index (χ3v) is 3.83. The van der Waals surface area contributed by atoms with Gasteiger partial charge >= 0.3 is 0 Å². The summed E-state index contributed by atoms with van der Waals surface area (Å²) in [5.41, 5.74) is 0.903. The molecule has 0 bridgehead atoms. The van der Waals surface area contributed by atoms with Gasteiger partial charge in [0.1, 0.15) is 11.5 Å². The molecule has 1 atom stereocenters. The van der Waals surface area contributed by atoms with Crippen LogP contribution in [0.1, 0.15) is 31.9 Å². The second-order valence-electron chi connectivity index (χ2n) is 5.31. The minimum atomic E-state index is -0.142. The molecule has 1 amide bonds. The molecule has 0 aliphatic carbocycles. The Morgan fingerprint density at radius 1 is 1.08 bits per heavy atom.